The average molecular weight is 259 g/mol. The molecule has 0 amide bonds. The first-order valence-corrected chi connectivity index (χ1v) is 6.46. The average Bonchev–Trinajstić information content (AvgIpc) is 2.21. The minimum Gasteiger partial charge on any atom is -0.281 e. The van der Waals surface area contributed by atoms with Crippen molar-refractivity contribution in [3.8, 4) is 6.07 Å². The summed E-state index contributed by atoms with van der Waals surface area (Å²) < 4.78 is 25.4. The second kappa shape index (κ2) is 4.73. The van der Waals surface area contributed by atoms with Crippen molar-refractivity contribution in [1.29, 1.82) is 5.26 Å². The maximum absolute atomic E-state index is 11.6. The summed E-state index contributed by atoms with van der Waals surface area (Å²) in [6.45, 7) is 3.16. The van der Waals surface area contributed by atoms with Crippen LogP contribution in [-0.2, 0) is 10.0 Å². The first-order chi connectivity index (χ1) is 7.36. The van der Waals surface area contributed by atoms with E-state index in [0.29, 0.717) is 5.02 Å². The van der Waals surface area contributed by atoms with Gasteiger partial charge in [-0.05, 0) is 31.5 Å². The van der Waals surface area contributed by atoms with Gasteiger partial charge < -0.3 is 0 Å². The third-order valence-corrected chi connectivity index (χ3v) is 3.88. The minimum absolute atomic E-state index is 0.286. The summed E-state index contributed by atoms with van der Waals surface area (Å²) in [7, 11) is -3.69. The van der Waals surface area contributed by atoms with Crippen LogP contribution in [0.2, 0.25) is 5.02 Å². The normalized spacial score (nSPS) is 12.9. The summed E-state index contributed by atoms with van der Waals surface area (Å²) in [5, 5.41) is 7.75. The van der Waals surface area contributed by atoms with E-state index >= 15 is 0 Å². The SMILES string of the molecule is Cc1ccc(NS(=O)(=O)C(C)C#N)c(Cl)c1. The Labute approximate surface area is 99.9 Å². The lowest BCUT2D eigenvalue weighted by Gasteiger charge is -2.10. The molecule has 1 N–H and O–H groups in total. The number of benzene rings is 1. The van der Waals surface area contributed by atoms with Crippen LogP contribution in [0.1, 0.15) is 12.5 Å². The van der Waals surface area contributed by atoms with Crippen molar-refractivity contribution in [2.45, 2.75) is 19.1 Å². The monoisotopic (exact) mass is 258 g/mol. The highest BCUT2D eigenvalue weighted by atomic mass is 35.5. The number of nitrogens with zero attached hydrogens (tertiary/aromatic N) is 1. The number of hydrogen-bond acceptors (Lipinski definition) is 3. The highest BCUT2D eigenvalue weighted by Gasteiger charge is 2.20. The van der Waals surface area contributed by atoms with Gasteiger partial charge in [0.05, 0.1) is 16.8 Å². The van der Waals surface area contributed by atoms with E-state index in [0.717, 1.165) is 5.56 Å². The van der Waals surface area contributed by atoms with Crippen molar-refractivity contribution in [3.63, 3.8) is 0 Å². The van der Waals surface area contributed by atoms with Crippen LogP contribution in [0.25, 0.3) is 0 Å². The molecule has 1 unspecified atom stereocenters. The summed E-state index contributed by atoms with van der Waals surface area (Å²) in [4.78, 5) is 0. The Morgan fingerprint density at radius 3 is 2.62 bits per heavy atom. The fraction of sp³-hybridized carbons (Fsp3) is 0.300. The van der Waals surface area contributed by atoms with Crippen LogP contribution in [0.15, 0.2) is 18.2 Å². The van der Waals surface area contributed by atoms with Crippen LogP contribution in [0.5, 0.6) is 0 Å². The van der Waals surface area contributed by atoms with Crippen molar-refractivity contribution >= 4 is 27.3 Å². The van der Waals surface area contributed by atoms with Gasteiger partial charge in [-0.1, -0.05) is 17.7 Å². The van der Waals surface area contributed by atoms with Gasteiger partial charge in [0.1, 0.15) is 0 Å². The lowest BCUT2D eigenvalue weighted by atomic mass is 10.2. The molecule has 86 valence electrons. The van der Waals surface area contributed by atoms with Gasteiger partial charge >= 0.3 is 0 Å². The zero-order valence-corrected chi connectivity index (χ0v) is 10.4. The molecule has 1 aromatic rings. The first kappa shape index (κ1) is 12.8. The van der Waals surface area contributed by atoms with E-state index in [2.05, 4.69) is 4.72 Å². The van der Waals surface area contributed by atoms with E-state index in [1.54, 1.807) is 24.3 Å². The molecule has 0 radical (unpaired) electrons. The quantitative estimate of drug-likeness (QED) is 0.904. The zero-order valence-electron chi connectivity index (χ0n) is 8.86. The number of rotatable bonds is 3. The molecule has 1 atom stereocenters. The second-order valence-corrected chi connectivity index (χ2v) is 5.81. The van der Waals surface area contributed by atoms with Gasteiger partial charge in [-0.15, -0.1) is 0 Å². The van der Waals surface area contributed by atoms with Crippen LogP contribution in [0.3, 0.4) is 0 Å². The number of nitriles is 1. The Kier molecular flexibility index (Phi) is 3.79. The predicted molar refractivity (Wildman–Crippen MR) is 63.8 cm³/mol. The Morgan fingerprint density at radius 2 is 2.12 bits per heavy atom. The summed E-state index contributed by atoms with van der Waals surface area (Å²) >= 11 is 5.87. The van der Waals surface area contributed by atoms with Crippen molar-refractivity contribution in [2.75, 3.05) is 4.72 Å². The largest absolute Gasteiger partial charge is 0.281 e. The van der Waals surface area contributed by atoms with Crippen molar-refractivity contribution in [3.05, 3.63) is 28.8 Å². The van der Waals surface area contributed by atoms with E-state index in [-0.39, 0.29) is 5.69 Å². The lowest BCUT2D eigenvalue weighted by Crippen LogP contribution is -2.23. The Balaban J connectivity index is 3.03. The molecular formula is C10H11ClN2O2S. The first-order valence-electron chi connectivity index (χ1n) is 4.54. The lowest BCUT2D eigenvalue weighted by molar-refractivity contribution is 0.597. The van der Waals surface area contributed by atoms with Gasteiger partial charge in [-0.25, -0.2) is 8.42 Å². The second-order valence-electron chi connectivity index (χ2n) is 3.40. The highest BCUT2D eigenvalue weighted by molar-refractivity contribution is 7.93. The van der Waals surface area contributed by atoms with E-state index < -0.39 is 15.3 Å². The molecular weight excluding hydrogens is 248 g/mol. The Hall–Kier alpha value is -1.25. The van der Waals surface area contributed by atoms with E-state index in [9.17, 15) is 8.42 Å². The van der Waals surface area contributed by atoms with Crippen LogP contribution in [-0.4, -0.2) is 13.7 Å². The number of hydrogen-bond donors (Lipinski definition) is 1. The molecule has 0 aliphatic carbocycles. The van der Waals surface area contributed by atoms with Crippen LogP contribution >= 0.6 is 11.6 Å². The Morgan fingerprint density at radius 1 is 1.50 bits per heavy atom. The zero-order chi connectivity index (χ0) is 12.3. The fourth-order valence-corrected chi connectivity index (χ4v) is 2.15. The summed E-state index contributed by atoms with van der Waals surface area (Å²) in [5.74, 6) is 0. The van der Waals surface area contributed by atoms with Crippen molar-refractivity contribution in [2.24, 2.45) is 0 Å². The number of halogens is 1. The van der Waals surface area contributed by atoms with Crippen LogP contribution in [0, 0.1) is 18.3 Å². The van der Waals surface area contributed by atoms with Crippen molar-refractivity contribution in [1.82, 2.24) is 0 Å². The molecule has 0 bridgehead atoms. The molecule has 0 heterocycles. The number of nitrogens with one attached hydrogen (secondary N) is 1. The number of sulfonamides is 1. The van der Waals surface area contributed by atoms with Crippen LogP contribution < -0.4 is 4.72 Å². The smallest absolute Gasteiger partial charge is 0.248 e. The van der Waals surface area contributed by atoms with Gasteiger partial charge in [-0.2, -0.15) is 5.26 Å². The van der Waals surface area contributed by atoms with Gasteiger partial charge in [-0.3, -0.25) is 4.72 Å². The molecule has 16 heavy (non-hydrogen) atoms. The van der Waals surface area contributed by atoms with E-state index in [1.807, 2.05) is 6.92 Å². The molecule has 0 fully saturated rings. The van der Waals surface area contributed by atoms with Gasteiger partial charge in [0.15, 0.2) is 5.25 Å². The third kappa shape index (κ3) is 2.87. The summed E-state index contributed by atoms with van der Waals surface area (Å²) in [6, 6.07) is 6.62. The molecule has 1 aromatic carbocycles. The highest BCUT2D eigenvalue weighted by Crippen LogP contribution is 2.24. The fourth-order valence-electron chi connectivity index (χ4n) is 1.01. The minimum atomic E-state index is -3.69. The van der Waals surface area contributed by atoms with Gasteiger partial charge in [0.25, 0.3) is 0 Å². The molecule has 0 saturated heterocycles. The van der Waals surface area contributed by atoms with E-state index in [1.165, 1.54) is 6.92 Å². The topological polar surface area (TPSA) is 70.0 Å². The molecule has 0 saturated carbocycles. The Bertz CT molecular complexity index is 534. The van der Waals surface area contributed by atoms with Crippen molar-refractivity contribution < 1.29 is 8.42 Å². The molecule has 0 aliphatic rings. The molecule has 0 aromatic heterocycles. The molecule has 0 spiro atoms. The maximum atomic E-state index is 11.6. The summed E-state index contributed by atoms with van der Waals surface area (Å²) in [6.07, 6.45) is 0. The number of aryl methyl sites for hydroxylation is 1. The predicted octanol–water partition coefficient (Wildman–Crippen LogP) is 2.30. The van der Waals surface area contributed by atoms with Crippen LogP contribution in [0.4, 0.5) is 5.69 Å². The molecule has 0 aliphatic heterocycles. The molecule has 4 nitrogen and oxygen atoms in total. The van der Waals surface area contributed by atoms with Gasteiger partial charge in [0, 0.05) is 0 Å². The third-order valence-electron chi connectivity index (χ3n) is 2.02. The summed E-state index contributed by atoms with van der Waals surface area (Å²) in [5.41, 5.74) is 1.22. The molecule has 6 heteroatoms. The molecule has 1 rings (SSSR count). The number of anilines is 1. The van der Waals surface area contributed by atoms with Gasteiger partial charge in [0.2, 0.25) is 10.0 Å². The van der Waals surface area contributed by atoms with E-state index in [4.69, 9.17) is 16.9 Å². The maximum Gasteiger partial charge on any atom is 0.248 e. The standard InChI is InChI=1S/C10H11ClN2O2S/c1-7-3-4-10(9(11)5-7)13-16(14,15)8(2)6-12/h3-5,8,13H,1-2H3.